The molecule has 1 nitrogen and oxygen atoms in total. The van der Waals surface area contributed by atoms with Crippen molar-refractivity contribution in [1.29, 1.82) is 0 Å². The van der Waals surface area contributed by atoms with Crippen molar-refractivity contribution in [2.45, 2.75) is 20.3 Å². The molecule has 1 aromatic carbocycles. The van der Waals surface area contributed by atoms with Gasteiger partial charge in [0.15, 0.2) is 0 Å². The van der Waals surface area contributed by atoms with Gasteiger partial charge in [-0.2, -0.15) is 0 Å². The fourth-order valence-corrected chi connectivity index (χ4v) is 1.80. The van der Waals surface area contributed by atoms with Gasteiger partial charge in [-0.05, 0) is 42.7 Å². The molecule has 82 valence electrons. The van der Waals surface area contributed by atoms with Crippen molar-refractivity contribution < 1.29 is 4.39 Å². The number of aromatic nitrogens is 1. The molecule has 0 unspecified atom stereocenters. The van der Waals surface area contributed by atoms with Gasteiger partial charge in [0.2, 0.25) is 0 Å². The lowest BCUT2D eigenvalue weighted by Crippen LogP contribution is -1.92. The van der Waals surface area contributed by atoms with Crippen LogP contribution in [0.2, 0.25) is 0 Å². The van der Waals surface area contributed by atoms with Gasteiger partial charge >= 0.3 is 0 Å². The zero-order chi connectivity index (χ0) is 11.5. The highest BCUT2D eigenvalue weighted by atomic mass is 19.1. The highest BCUT2D eigenvalue weighted by Gasteiger charge is 2.04. The summed E-state index contributed by atoms with van der Waals surface area (Å²) in [6.45, 7) is 4.09. The second-order valence-corrected chi connectivity index (χ2v) is 3.84. The summed E-state index contributed by atoms with van der Waals surface area (Å²) >= 11 is 0. The van der Waals surface area contributed by atoms with Gasteiger partial charge in [0.05, 0.1) is 0 Å². The number of hydrogen-bond acceptors (Lipinski definition) is 1. The Labute approximate surface area is 95.0 Å². The third-order valence-corrected chi connectivity index (χ3v) is 2.66. The minimum absolute atomic E-state index is 0.207. The van der Waals surface area contributed by atoms with Crippen LogP contribution in [0.3, 0.4) is 0 Å². The molecule has 0 aliphatic carbocycles. The highest BCUT2D eigenvalue weighted by Crippen LogP contribution is 2.24. The molecular weight excluding hydrogens is 201 g/mol. The Hall–Kier alpha value is -1.70. The molecule has 1 heterocycles. The first kappa shape index (κ1) is 10.8. The molecule has 0 bridgehead atoms. The lowest BCUT2D eigenvalue weighted by Gasteiger charge is -2.08. The van der Waals surface area contributed by atoms with Crippen LogP contribution >= 0.6 is 0 Å². The van der Waals surface area contributed by atoms with Crippen molar-refractivity contribution in [1.82, 2.24) is 4.98 Å². The van der Waals surface area contributed by atoms with Crippen molar-refractivity contribution in [2.75, 3.05) is 0 Å². The van der Waals surface area contributed by atoms with Gasteiger partial charge in [0.1, 0.15) is 5.82 Å². The van der Waals surface area contributed by atoms with Gasteiger partial charge in [-0.3, -0.25) is 4.98 Å². The molecule has 0 aliphatic rings. The summed E-state index contributed by atoms with van der Waals surface area (Å²) in [4.78, 5) is 4.29. The first-order valence-electron chi connectivity index (χ1n) is 5.42. The van der Waals surface area contributed by atoms with E-state index in [0.717, 1.165) is 23.2 Å². The molecule has 0 N–H and O–H groups in total. The quantitative estimate of drug-likeness (QED) is 0.743. The van der Waals surface area contributed by atoms with Gasteiger partial charge in [0.25, 0.3) is 0 Å². The van der Waals surface area contributed by atoms with Gasteiger partial charge < -0.3 is 0 Å². The number of nitrogens with zero attached hydrogens (tertiary/aromatic N) is 1. The number of aryl methyl sites for hydroxylation is 2. The maximum atomic E-state index is 12.8. The normalized spacial score (nSPS) is 10.4. The summed E-state index contributed by atoms with van der Waals surface area (Å²) < 4.78 is 12.8. The highest BCUT2D eigenvalue weighted by molar-refractivity contribution is 5.66. The molecule has 0 radical (unpaired) electrons. The Morgan fingerprint density at radius 1 is 1.19 bits per heavy atom. The van der Waals surface area contributed by atoms with E-state index in [2.05, 4.69) is 18.0 Å². The van der Waals surface area contributed by atoms with Crippen LogP contribution in [0, 0.1) is 12.7 Å². The van der Waals surface area contributed by atoms with E-state index in [1.807, 2.05) is 13.1 Å². The second kappa shape index (κ2) is 4.44. The van der Waals surface area contributed by atoms with Crippen LogP contribution in [0.25, 0.3) is 11.1 Å². The Balaban J connectivity index is 2.51. The SMILES string of the molecule is CCc1cc(C)ncc1-c1ccc(F)cc1. The monoisotopic (exact) mass is 215 g/mol. The molecule has 2 aromatic rings. The molecular formula is C14H14FN. The number of hydrogen-bond donors (Lipinski definition) is 0. The van der Waals surface area contributed by atoms with Crippen molar-refractivity contribution in [3.8, 4) is 11.1 Å². The van der Waals surface area contributed by atoms with E-state index in [1.165, 1.54) is 17.7 Å². The fraction of sp³-hybridized carbons (Fsp3) is 0.214. The summed E-state index contributed by atoms with van der Waals surface area (Å²) in [5.41, 5.74) is 4.38. The molecule has 0 saturated carbocycles. The van der Waals surface area contributed by atoms with Crippen LogP contribution in [-0.2, 0) is 6.42 Å². The Bertz CT molecular complexity index is 489. The number of halogens is 1. The molecule has 2 rings (SSSR count). The first-order valence-corrected chi connectivity index (χ1v) is 5.42. The van der Waals surface area contributed by atoms with Gasteiger partial charge in [-0.1, -0.05) is 19.1 Å². The smallest absolute Gasteiger partial charge is 0.123 e. The number of pyridine rings is 1. The maximum Gasteiger partial charge on any atom is 0.123 e. The topological polar surface area (TPSA) is 12.9 Å². The van der Waals surface area contributed by atoms with Crippen LogP contribution < -0.4 is 0 Å². The summed E-state index contributed by atoms with van der Waals surface area (Å²) in [5.74, 6) is -0.207. The summed E-state index contributed by atoms with van der Waals surface area (Å²) in [6.07, 6.45) is 2.82. The van der Waals surface area contributed by atoms with Crippen LogP contribution in [0.1, 0.15) is 18.2 Å². The van der Waals surface area contributed by atoms with Crippen LogP contribution in [0.5, 0.6) is 0 Å². The van der Waals surface area contributed by atoms with E-state index in [4.69, 9.17) is 0 Å². The largest absolute Gasteiger partial charge is 0.261 e. The van der Waals surface area contributed by atoms with E-state index in [1.54, 1.807) is 12.1 Å². The van der Waals surface area contributed by atoms with Crippen molar-refractivity contribution >= 4 is 0 Å². The second-order valence-electron chi connectivity index (χ2n) is 3.84. The maximum absolute atomic E-state index is 12.8. The predicted molar refractivity (Wildman–Crippen MR) is 63.7 cm³/mol. The van der Waals surface area contributed by atoms with E-state index >= 15 is 0 Å². The van der Waals surface area contributed by atoms with Gasteiger partial charge in [0, 0.05) is 17.5 Å². The lowest BCUT2D eigenvalue weighted by molar-refractivity contribution is 0.628. The molecule has 0 atom stereocenters. The fourth-order valence-electron chi connectivity index (χ4n) is 1.80. The van der Waals surface area contributed by atoms with Crippen LogP contribution in [0.4, 0.5) is 4.39 Å². The Kier molecular flexibility index (Phi) is 3.00. The van der Waals surface area contributed by atoms with Crippen molar-refractivity contribution in [2.24, 2.45) is 0 Å². The van der Waals surface area contributed by atoms with E-state index < -0.39 is 0 Å². The first-order chi connectivity index (χ1) is 7.70. The van der Waals surface area contributed by atoms with E-state index in [9.17, 15) is 4.39 Å². The van der Waals surface area contributed by atoms with Gasteiger partial charge in [-0.15, -0.1) is 0 Å². The molecule has 1 aromatic heterocycles. The molecule has 0 fully saturated rings. The minimum Gasteiger partial charge on any atom is -0.261 e. The van der Waals surface area contributed by atoms with Crippen molar-refractivity contribution in [3.63, 3.8) is 0 Å². The summed E-state index contributed by atoms with van der Waals surface area (Å²) in [5, 5.41) is 0. The van der Waals surface area contributed by atoms with Crippen molar-refractivity contribution in [3.05, 3.63) is 53.6 Å². The molecule has 16 heavy (non-hydrogen) atoms. The van der Waals surface area contributed by atoms with Gasteiger partial charge in [-0.25, -0.2) is 4.39 Å². The lowest BCUT2D eigenvalue weighted by atomic mass is 10.00. The van der Waals surface area contributed by atoms with Crippen LogP contribution in [0.15, 0.2) is 36.5 Å². The Morgan fingerprint density at radius 2 is 1.88 bits per heavy atom. The third kappa shape index (κ3) is 2.11. The zero-order valence-electron chi connectivity index (χ0n) is 9.50. The average Bonchev–Trinajstić information content (AvgIpc) is 2.30. The van der Waals surface area contributed by atoms with Crippen LogP contribution in [-0.4, -0.2) is 4.98 Å². The molecule has 2 heteroatoms. The minimum atomic E-state index is -0.207. The molecule has 0 spiro atoms. The zero-order valence-corrected chi connectivity index (χ0v) is 9.50. The predicted octanol–water partition coefficient (Wildman–Crippen LogP) is 3.76. The van der Waals surface area contributed by atoms with E-state index in [-0.39, 0.29) is 5.82 Å². The average molecular weight is 215 g/mol. The molecule has 0 amide bonds. The number of rotatable bonds is 2. The summed E-state index contributed by atoms with van der Waals surface area (Å²) in [7, 11) is 0. The molecule has 0 saturated heterocycles. The number of benzene rings is 1. The molecule has 0 aliphatic heterocycles. The summed E-state index contributed by atoms with van der Waals surface area (Å²) in [6, 6.07) is 8.63. The standard InChI is InChI=1S/C14H14FN/c1-3-11-8-10(2)16-9-14(11)12-4-6-13(15)7-5-12/h4-9H,3H2,1-2H3. The third-order valence-electron chi connectivity index (χ3n) is 2.66. The van der Waals surface area contributed by atoms with E-state index in [0.29, 0.717) is 0 Å². The Morgan fingerprint density at radius 3 is 2.50 bits per heavy atom.